The number of hydrogen-bond acceptors (Lipinski definition) is 5. The summed E-state index contributed by atoms with van der Waals surface area (Å²) in [7, 11) is -4.24. The zero-order valence-electron chi connectivity index (χ0n) is 16.5. The van der Waals surface area contributed by atoms with E-state index in [1.807, 2.05) is 0 Å². The predicted molar refractivity (Wildman–Crippen MR) is 107 cm³/mol. The Labute approximate surface area is 183 Å². The lowest BCUT2D eigenvalue weighted by Gasteiger charge is -2.51. The maximum Gasteiger partial charge on any atom is 0.309 e. The van der Waals surface area contributed by atoms with Crippen LogP contribution in [0.4, 0.5) is 8.78 Å². The monoisotopic (exact) mass is 468 g/mol. The Morgan fingerprint density at radius 2 is 1.77 bits per heavy atom. The first kappa shape index (κ1) is 20.7. The fourth-order valence-electron chi connectivity index (χ4n) is 5.62. The molecule has 0 aromatic heterocycles. The third kappa shape index (κ3) is 2.70. The molecule has 5 atom stereocenters. The molecular formula is C22H19ClF2O5S. The largest absolute Gasteiger partial charge is 0.490 e. The van der Waals surface area contributed by atoms with Gasteiger partial charge in [-0.05, 0) is 49.2 Å². The van der Waals surface area contributed by atoms with Crippen LogP contribution in [0.25, 0.3) is 0 Å². The van der Waals surface area contributed by atoms with Crippen molar-refractivity contribution < 1.29 is 31.5 Å². The smallest absolute Gasteiger partial charge is 0.309 e. The van der Waals surface area contributed by atoms with Crippen LogP contribution in [-0.4, -0.2) is 27.1 Å². The summed E-state index contributed by atoms with van der Waals surface area (Å²) in [5.41, 5.74) is -0.302. The van der Waals surface area contributed by atoms with Crippen molar-refractivity contribution >= 4 is 27.4 Å². The van der Waals surface area contributed by atoms with Crippen molar-refractivity contribution in [1.82, 2.24) is 0 Å². The number of esters is 1. The Bertz CT molecular complexity index is 1180. The van der Waals surface area contributed by atoms with Crippen molar-refractivity contribution in [3.05, 3.63) is 58.6 Å². The van der Waals surface area contributed by atoms with E-state index in [9.17, 15) is 17.6 Å². The summed E-state index contributed by atoms with van der Waals surface area (Å²) >= 11 is 5.94. The molecule has 0 radical (unpaired) electrons. The zero-order chi connectivity index (χ0) is 22.1. The molecule has 3 aliphatic rings. The molecule has 0 bridgehead atoms. The van der Waals surface area contributed by atoms with Crippen molar-refractivity contribution in [2.45, 2.75) is 35.5 Å². The molecule has 1 saturated carbocycles. The van der Waals surface area contributed by atoms with Crippen molar-refractivity contribution in [2.75, 3.05) is 6.61 Å². The Kier molecular flexibility index (Phi) is 4.61. The Morgan fingerprint density at radius 3 is 2.48 bits per heavy atom. The van der Waals surface area contributed by atoms with Crippen molar-refractivity contribution in [3.8, 4) is 5.75 Å². The highest BCUT2D eigenvalue weighted by molar-refractivity contribution is 7.92. The van der Waals surface area contributed by atoms with E-state index >= 15 is 4.39 Å². The van der Waals surface area contributed by atoms with Gasteiger partial charge in [-0.15, -0.1) is 0 Å². The number of benzene rings is 2. The number of hydrogen-bond donors (Lipinski definition) is 0. The average molecular weight is 469 g/mol. The SMILES string of the molecule is C[C@H]1C(=O)O[C@H]2CC[C@@]3(S(=O)(=O)c4ccc(Cl)cc4)c4c(F)ccc(F)c4OC[C@H]3[C@H]21. The number of carbonyl (C=O) groups is 1. The topological polar surface area (TPSA) is 69.7 Å². The molecule has 5 rings (SSSR count). The fourth-order valence-corrected chi connectivity index (χ4v) is 8.13. The molecule has 9 heteroatoms. The first-order valence-electron chi connectivity index (χ1n) is 10.0. The molecular weight excluding hydrogens is 450 g/mol. The van der Waals surface area contributed by atoms with Gasteiger partial charge in [0.25, 0.3) is 0 Å². The Balaban J connectivity index is 1.81. The van der Waals surface area contributed by atoms with Crippen LogP contribution < -0.4 is 4.74 Å². The van der Waals surface area contributed by atoms with Gasteiger partial charge in [-0.1, -0.05) is 18.5 Å². The van der Waals surface area contributed by atoms with Crippen LogP contribution in [0.1, 0.15) is 25.3 Å². The minimum atomic E-state index is -4.24. The van der Waals surface area contributed by atoms with Gasteiger partial charge < -0.3 is 9.47 Å². The first-order chi connectivity index (χ1) is 14.7. The molecule has 0 amide bonds. The minimum Gasteiger partial charge on any atom is -0.490 e. The van der Waals surface area contributed by atoms with Crippen LogP contribution >= 0.6 is 11.6 Å². The van der Waals surface area contributed by atoms with Gasteiger partial charge >= 0.3 is 5.97 Å². The second-order valence-corrected chi connectivity index (χ2v) is 11.0. The van der Waals surface area contributed by atoms with E-state index in [1.54, 1.807) is 6.92 Å². The molecule has 0 spiro atoms. The van der Waals surface area contributed by atoms with Gasteiger partial charge in [0.2, 0.25) is 0 Å². The third-order valence-electron chi connectivity index (χ3n) is 7.00. The lowest BCUT2D eigenvalue weighted by atomic mass is 9.64. The quantitative estimate of drug-likeness (QED) is 0.616. The number of fused-ring (bicyclic) bond motifs is 5. The molecule has 2 aromatic rings. The normalized spacial score (nSPS) is 31.8. The van der Waals surface area contributed by atoms with Gasteiger partial charge in [-0.3, -0.25) is 4.79 Å². The van der Waals surface area contributed by atoms with Gasteiger partial charge in [-0.2, -0.15) is 0 Å². The second-order valence-electron chi connectivity index (χ2n) is 8.38. The standard InChI is InChI=1S/C22H19ClF2O5S/c1-11-18-14-10-29-20-16(25)7-6-15(24)19(20)22(14,9-8-17(18)30-21(11)26)31(27,28)13-4-2-12(23)3-5-13/h2-7,11,14,17-18H,8-10H2,1H3/t11-,14+,17+,18-,22+/m1/s1. The third-order valence-corrected chi connectivity index (χ3v) is 9.82. The van der Waals surface area contributed by atoms with Crippen LogP contribution in [0.15, 0.2) is 41.3 Å². The molecule has 5 nitrogen and oxygen atoms in total. The molecule has 2 heterocycles. The van der Waals surface area contributed by atoms with Gasteiger partial charge in [-0.25, -0.2) is 17.2 Å². The van der Waals surface area contributed by atoms with Gasteiger partial charge in [0, 0.05) is 16.9 Å². The Hall–Kier alpha value is -2.19. The minimum absolute atomic E-state index is 0.0273. The van der Waals surface area contributed by atoms with E-state index in [1.165, 1.54) is 24.3 Å². The number of rotatable bonds is 2. The van der Waals surface area contributed by atoms with Crippen LogP contribution in [-0.2, 0) is 24.1 Å². The molecule has 164 valence electrons. The number of carbonyl (C=O) groups excluding carboxylic acids is 1. The summed E-state index contributed by atoms with van der Waals surface area (Å²) < 4.78 is 67.5. The maximum absolute atomic E-state index is 15.3. The van der Waals surface area contributed by atoms with Crippen LogP contribution in [0.5, 0.6) is 5.75 Å². The number of sulfone groups is 1. The van der Waals surface area contributed by atoms with Crippen molar-refractivity contribution in [3.63, 3.8) is 0 Å². The van der Waals surface area contributed by atoms with E-state index in [-0.39, 0.29) is 35.7 Å². The summed E-state index contributed by atoms with van der Waals surface area (Å²) in [6, 6.07) is 7.46. The highest BCUT2D eigenvalue weighted by Gasteiger charge is 2.66. The fraction of sp³-hybridized carbons (Fsp3) is 0.409. The van der Waals surface area contributed by atoms with Gasteiger partial charge in [0.05, 0.1) is 23.0 Å². The predicted octanol–water partition coefficient (Wildman–Crippen LogP) is 4.27. The van der Waals surface area contributed by atoms with E-state index < -0.39 is 56.0 Å². The van der Waals surface area contributed by atoms with E-state index in [2.05, 4.69) is 0 Å². The van der Waals surface area contributed by atoms with Crippen LogP contribution in [0, 0.1) is 29.4 Å². The average Bonchev–Trinajstić information content (AvgIpc) is 3.04. The molecule has 1 saturated heterocycles. The van der Waals surface area contributed by atoms with Crippen LogP contribution in [0.2, 0.25) is 5.02 Å². The van der Waals surface area contributed by atoms with E-state index in [0.717, 1.165) is 12.1 Å². The number of ether oxygens (including phenoxy) is 2. The highest BCUT2D eigenvalue weighted by Crippen LogP contribution is 2.60. The highest BCUT2D eigenvalue weighted by atomic mass is 35.5. The lowest BCUT2D eigenvalue weighted by molar-refractivity contribution is -0.144. The summed E-state index contributed by atoms with van der Waals surface area (Å²) in [5.74, 6) is -4.36. The molecule has 0 unspecified atom stereocenters. The molecule has 1 aliphatic carbocycles. The lowest BCUT2D eigenvalue weighted by Crippen LogP contribution is -2.57. The van der Waals surface area contributed by atoms with E-state index in [0.29, 0.717) is 5.02 Å². The molecule has 2 aliphatic heterocycles. The molecule has 31 heavy (non-hydrogen) atoms. The summed E-state index contributed by atoms with van der Waals surface area (Å²) in [4.78, 5) is 12.2. The van der Waals surface area contributed by atoms with Gasteiger partial charge in [0.15, 0.2) is 21.4 Å². The van der Waals surface area contributed by atoms with Crippen molar-refractivity contribution in [1.29, 1.82) is 0 Å². The maximum atomic E-state index is 15.3. The summed E-state index contributed by atoms with van der Waals surface area (Å²) in [6.45, 7) is 1.51. The van der Waals surface area contributed by atoms with E-state index in [4.69, 9.17) is 21.1 Å². The van der Waals surface area contributed by atoms with Crippen LogP contribution in [0.3, 0.4) is 0 Å². The zero-order valence-corrected chi connectivity index (χ0v) is 18.1. The second kappa shape index (κ2) is 6.90. The van der Waals surface area contributed by atoms with Gasteiger partial charge in [0.1, 0.15) is 16.7 Å². The number of halogens is 3. The molecule has 2 fully saturated rings. The Morgan fingerprint density at radius 1 is 1.10 bits per heavy atom. The molecule has 2 aromatic carbocycles. The first-order valence-corrected chi connectivity index (χ1v) is 11.9. The summed E-state index contributed by atoms with van der Waals surface area (Å²) in [6.07, 6.45) is -0.289. The molecule has 0 N–H and O–H groups in total. The summed E-state index contributed by atoms with van der Waals surface area (Å²) in [5, 5.41) is 0.352. The van der Waals surface area contributed by atoms with Crippen molar-refractivity contribution in [2.24, 2.45) is 17.8 Å².